The lowest BCUT2D eigenvalue weighted by Crippen LogP contribution is -2.38. The smallest absolute Gasteiger partial charge is 0.232 e. The summed E-state index contributed by atoms with van der Waals surface area (Å²) in [6.45, 7) is 9.00. The third kappa shape index (κ3) is 7.39. The molecule has 1 aliphatic heterocycles. The summed E-state index contributed by atoms with van der Waals surface area (Å²) in [4.78, 5) is 19.6. The van der Waals surface area contributed by atoms with E-state index in [1.54, 1.807) is 36.3 Å². The number of fused-ring (bicyclic) bond motifs is 2. The number of morpholine rings is 1. The highest BCUT2D eigenvalue weighted by atomic mass is 35.5. The topological polar surface area (TPSA) is 121 Å². The first kappa shape index (κ1) is 34.1. The van der Waals surface area contributed by atoms with Gasteiger partial charge in [0.15, 0.2) is 5.65 Å². The van der Waals surface area contributed by atoms with Gasteiger partial charge in [0, 0.05) is 46.2 Å². The fourth-order valence-corrected chi connectivity index (χ4v) is 6.80. The van der Waals surface area contributed by atoms with Crippen LogP contribution in [0, 0.1) is 0 Å². The molecular formula is C34H38Cl2N10O3Si. The highest BCUT2D eigenvalue weighted by molar-refractivity contribution is 6.55. The van der Waals surface area contributed by atoms with E-state index in [4.69, 9.17) is 57.5 Å². The van der Waals surface area contributed by atoms with E-state index in [1.165, 1.54) is 0 Å². The monoisotopic (exact) mass is 732 g/mol. The second-order valence-corrected chi connectivity index (χ2v) is 16.7. The predicted octanol–water partition coefficient (Wildman–Crippen LogP) is 5.75. The van der Waals surface area contributed by atoms with Crippen molar-refractivity contribution < 1.29 is 14.2 Å². The van der Waals surface area contributed by atoms with Crippen molar-refractivity contribution in [3.63, 3.8) is 0 Å². The molecule has 16 heteroatoms. The molecule has 0 aliphatic carbocycles. The van der Waals surface area contributed by atoms with Crippen molar-refractivity contribution in [1.29, 1.82) is 0 Å². The number of benzene rings is 2. The number of hydrogen-bond donors (Lipinski definition) is 0. The zero-order valence-electron chi connectivity index (χ0n) is 28.2. The van der Waals surface area contributed by atoms with Crippen molar-refractivity contribution in [1.82, 2.24) is 39.3 Å². The summed E-state index contributed by atoms with van der Waals surface area (Å²) in [5, 5.41) is 13.8. The molecule has 0 atom stereocenters. The Morgan fingerprint density at radius 1 is 0.940 bits per heavy atom. The first-order valence-electron chi connectivity index (χ1n) is 16.5. The number of rotatable bonds is 13. The lowest BCUT2D eigenvalue weighted by molar-refractivity contribution is 0.0882. The Bertz CT molecular complexity index is 2070. The Balaban J connectivity index is 1.37. The van der Waals surface area contributed by atoms with Crippen LogP contribution in [0.4, 0.5) is 11.9 Å². The van der Waals surface area contributed by atoms with Gasteiger partial charge in [0.1, 0.15) is 18.3 Å². The summed E-state index contributed by atoms with van der Waals surface area (Å²) in [6, 6.07) is 14.6. The van der Waals surface area contributed by atoms with Crippen molar-refractivity contribution in [3.8, 4) is 16.9 Å². The van der Waals surface area contributed by atoms with Crippen LogP contribution in [0.2, 0.25) is 29.2 Å². The van der Waals surface area contributed by atoms with E-state index in [1.807, 2.05) is 36.4 Å². The summed E-state index contributed by atoms with van der Waals surface area (Å²) in [6.07, 6.45) is 5.17. The Morgan fingerprint density at radius 3 is 2.48 bits per heavy atom. The predicted molar refractivity (Wildman–Crippen MR) is 197 cm³/mol. The number of hydrogen-bond acceptors (Lipinski definition) is 11. The van der Waals surface area contributed by atoms with Crippen molar-refractivity contribution in [2.45, 2.75) is 39.0 Å². The van der Waals surface area contributed by atoms with Gasteiger partial charge in [-0.2, -0.15) is 29.8 Å². The molecule has 4 aromatic heterocycles. The molecule has 0 spiro atoms. The molecule has 0 unspecified atom stereocenters. The Hall–Kier alpha value is -4.34. The van der Waals surface area contributed by atoms with Crippen LogP contribution in [0.3, 0.4) is 0 Å². The van der Waals surface area contributed by atoms with Crippen molar-refractivity contribution in [2.75, 3.05) is 49.8 Å². The molecule has 0 amide bonds. The molecule has 6 aromatic rings. The van der Waals surface area contributed by atoms with Crippen LogP contribution < -0.4 is 14.5 Å². The fraction of sp³-hybridized carbons (Fsp3) is 0.353. The summed E-state index contributed by atoms with van der Waals surface area (Å²) in [7, 11) is 0.881. The van der Waals surface area contributed by atoms with Gasteiger partial charge in [-0.05, 0) is 41.9 Å². The quantitative estimate of drug-likeness (QED) is 0.107. The maximum atomic E-state index is 6.54. The van der Waals surface area contributed by atoms with E-state index < -0.39 is 8.80 Å². The van der Waals surface area contributed by atoms with E-state index in [-0.39, 0.29) is 0 Å². The van der Waals surface area contributed by atoms with Gasteiger partial charge in [0.25, 0.3) is 0 Å². The van der Waals surface area contributed by atoms with Crippen molar-refractivity contribution in [3.05, 3.63) is 82.5 Å². The lowest BCUT2D eigenvalue weighted by atomic mass is 10.2. The second-order valence-electron chi connectivity index (χ2n) is 12.5. The van der Waals surface area contributed by atoms with E-state index in [2.05, 4.69) is 37.7 Å². The van der Waals surface area contributed by atoms with Gasteiger partial charge in [-0.3, -0.25) is 0 Å². The molecule has 0 bridgehead atoms. The van der Waals surface area contributed by atoms with Gasteiger partial charge < -0.3 is 28.6 Å². The molecule has 1 saturated heterocycles. The zero-order chi connectivity index (χ0) is 34.6. The number of methoxy groups -OCH3 is 1. The maximum absolute atomic E-state index is 6.54. The number of ether oxygens (including phenoxy) is 3. The van der Waals surface area contributed by atoms with E-state index >= 15 is 0 Å². The summed E-state index contributed by atoms with van der Waals surface area (Å²) < 4.78 is 21.2. The van der Waals surface area contributed by atoms with E-state index in [9.17, 15) is 0 Å². The van der Waals surface area contributed by atoms with Crippen LogP contribution in [-0.4, -0.2) is 88.1 Å². The molecule has 0 N–H and O–H groups in total. The molecular weight excluding hydrogens is 695 g/mol. The third-order valence-electron chi connectivity index (χ3n) is 8.61. The van der Waals surface area contributed by atoms with Crippen LogP contribution in [0.5, 0.6) is 5.75 Å². The average molecular weight is 734 g/mol. The number of halogens is 2. The molecule has 0 saturated carbocycles. The van der Waals surface area contributed by atoms with Crippen LogP contribution in [0.1, 0.15) is 11.4 Å². The second kappa shape index (κ2) is 15.3. The largest absolute Gasteiger partial charge is 0.497 e. The van der Waals surface area contributed by atoms with Crippen LogP contribution in [0.25, 0.3) is 27.8 Å². The van der Waals surface area contributed by atoms with Crippen LogP contribution in [0.15, 0.2) is 61.1 Å². The highest BCUT2D eigenvalue weighted by Crippen LogP contribution is 2.32. The standard InChI is InChI=1S/C34H38Cl2N10O3Si/c1-47-25-6-4-23(5-7-25)20-44(21-31-40-29-16-27(35)28(36)17-30(29)45(31)22-49-14-15-50(2)3)34-42-33(43-10-12-48-13-11-43)41-32-26(19-39-46(32)34)24-8-9-37-38-18-24/h4-9,16-19,50H,10-15,20-22H2,1-3H3. The molecule has 13 nitrogen and oxygen atoms in total. The molecule has 5 heterocycles. The van der Waals surface area contributed by atoms with E-state index in [0.29, 0.717) is 80.3 Å². The normalized spacial score (nSPS) is 13.5. The Morgan fingerprint density at radius 2 is 1.74 bits per heavy atom. The minimum absolute atomic E-state index is 0.320. The van der Waals surface area contributed by atoms with Gasteiger partial charge >= 0.3 is 0 Å². The van der Waals surface area contributed by atoms with Crippen LogP contribution in [-0.2, 0) is 29.3 Å². The highest BCUT2D eigenvalue weighted by Gasteiger charge is 2.25. The molecule has 1 aliphatic rings. The van der Waals surface area contributed by atoms with Gasteiger partial charge in [-0.1, -0.05) is 48.4 Å². The van der Waals surface area contributed by atoms with Crippen molar-refractivity contribution in [2.24, 2.45) is 0 Å². The van der Waals surface area contributed by atoms with Gasteiger partial charge in [-0.15, -0.1) is 0 Å². The maximum Gasteiger partial charge on any atom is 0.232 e. The summed E-state index contributed by atoms with van der Waals surface area (Å²) in [5.74, 6) is 2.73. The van der Waals surface area contributed by atoms with E-state index in [0.717, 1.165) is 45.3 Å². The number of aromatic nitrogens is 8. The number of anilines is 2. The van der Waals surface area contributed by atoms with Crippen LogP contribution >= 0.6 is 23.2 Å². The van der Waals surface area contributed by atoms with Gasteiger partial charge in [0.2, 0.25) is 11.9 Å². The zero-order valence-corrected chi connectivity index (χ0v) is 30.8. The minimum atomic E-state index is -0.780. The Labute approximate surface area is 301 Å². The fourth-order valence-electron chi connectivity index (χ4n) is 5.84. The SMILES string of the molecule is COc1ccc(CN(Cc2nc3cc(Cl)c(Cl)cc3n2COCC[SiH](C)C)c2nc(N3CCOCC3)nc3c(-c4ccnnc4)cnn23)cc1. The lowest BCUT2D eigenvalue weighted by Gasteiger charge is -2.29. The van der Waals surface area contributed by atoms with Gasteiger partial charge in [-0.25, -0.2) is 4.98 Å². The first-order chi connectivity index (χ1) is 24.4. The summed E-state index contributed by atoms with van der Waals surface area (Å²) in [5.41, 5.74) is 4.94. The molecule has 0 radical (unpaired) electrons. The minimum Gasteiger partial charge on any atom is -0.497 e. The molecule has 50 heavy (non-hydrogen) atoms. The Kier molecular flexibility index (Phi) is 10.4. The summed E-state index contributed by atoms with van der Waals surface area (Å²) >= 11 is 13.0. The molecule has 260 valence electrons. The third-order valence-corrected chi connectivity index (χ3v) is 10.7. The number of nitrogens with zero attached hydrogens (tertiary/aromatic N) is 10. The average Bonchev–Trinajstić information content (AvgIpc) is 3.71. The first-order valence-corrected chi connectivity index (χ1v) is 20.4. The molecule has 1 fully saturated rings. The molecule has 7 rings (SSSR count). The molecule has 2 aromatic carbocycles. The number of imidazole rings is 1. The van der Waals surface area contributed by atoms with Crippen molar-refractivity contribution >= 4 is 60.6 Å². The van der Waals surface area contributed by atoms with Gasteiger partial charge in [0.05, 0.1) is 66.5 Å².